The molecule has 0 aromatic rings. The third kappa shape index (κ3) is 9.52. The summed E-state index contributed by atoms with van der Waals surface area (Å²) in [6, 6.07) is 0. The Bertz CT molecular complexity index is 71.2. The molecular weight excluding hydrogens is 192 g/mol. The summed E-state index contributed by atoms with van der Waals surface area (Å²) in [5.41, 5.74) is 0. The quantitative estimate of drug-likeness (QED) is 0.260. The van der Waals surface area contributed by atoms with Crippen LogP contribution in [0.1, 0.15) is 0 Å². The highest BCUT2D eigenvalue weighted by atomic mass is 17.9. The van der Waals surface area contributed by atoms with Gasteiger partial charge in [-0.1, -0.05) is 0 Å². The van der Waals surface area contributed by atoms with E-state index in [2.05, 4.69) is 55.6 Å². The van der Waals surface area contributed by atoms with Gasteiger partial charge < -0.3 is 0 Å². The van der Waals surface area contributed by atoms with Gasteiger partial charge in [0.1, 0.15) is 0 Å². The maximum Gasteiger partial charge on any atom is 0.258 e. The highest BCUT2D eigenvalue weighted by molar-refractivity contribution is 3.03. The van der Waals surface area contributed by atoms with E-state index in [1.807, 2.05) is 0 Å². The van der Waals surface area contributed by atoms with Crippen molar-refractivity contribution in [2.45, 2.75) is 0 Å². The Morgan fingerprint density at radius 3 is 1.50 bits per heavy atom. The normalized spacial score (nSPS) is 11.6. The highest BCUT2D eigenvalue weighted by Crippen LogP contribution is 1.88. The lowest BCUT2D eigenvalue weighted by atomic mass is 14.1. The lowest BCUT2D eigenvalue weighted by molar-refractivity contribution is -0.862. The van der Waals surface area contributed by atoms with E-state index in [4.69, 9.17) is 6.69 Å². The maximum atomic E-state index is 7.42. The first-order valence-electron chi connectivity index (χ1n) is 2.26. The van der Waals surface area contributed by atoms with Crippen molar-refractivity contribution < 1.29 is 60.9 Å². The van der Waals surface area contributed by atoms with Gasteiger partial charge in [-0.2, -0.15) is 0 Å². The van der Waals surface area contributed by atoms with Crippen LogP contribution >= 0.6 is 0 Å². The molecule has 0 aromatic heterocycles. The SMILES string of the molecule is [2H]OOOOOOOOOOOO. The van der Waals surface area contributed by atoms with Crippen LogP contribution in [0, 0.1) is 0 Å². The van der Waals surface area contributed by atoms with Crippen molar-refractivity contribution in [1.82, 2.24) is 0 Å². The summed E-state index contributed by atoms with van der Waals surface area (Å²) < 4.78 is 5.84. The smallest absolute Gasteiger partial charge is 0.219 e. The van der Waals surface area contributed by atoms with Gasteiger partial charge in [0.05, 0.1) is 0 Å². The molecule has 74 valence electrons. The number of hydrogen-bond donors (Lipinski definition) is 2. The largest absolute Gasteiger partial charge is 0.258 e. The molecule has 0 aliphatic carbocycles. The molecule has 0 radical (unpaired) electrons. The lowest BCUT2D eigenvalue weighted by Gasteiger charge is -1.95. The summed E-state index contributed by atoms with van der Waals surface area (Å²) in [4.78, 5) is 0. The molecule has 0 amide bonds. The van der Waals surface area contributed by atoms with Crippen molar-refractivity contribution in [3.05, 3.63) is 0 Å². The molecule has 0 aromatic carbocycles. The predicted molar refractivity (Wildman–Crippen MR) is 16.1 cm³/mol. The van der Waals surface area contributed by atoms with Crippen molar-refractivity contribution >= 4 is 0 Å². The number of rotatable bonds is 10. The Morgan fingerprint density at radius 1 is 0.667 bits per heavy atom. The van der Waals surface area contributed by atoms with E-state index < -0.39 is 0 Å². The van der Waals surface area contributed by atoms with Gasteiger partial charge in [0.2, 0.25) is 0 Å². The first kappa shape index (κ1) is 9.61. The molecule has 2 N–H and O–H groups in total. The topological polar surface area (TPSA) is 133 Å². The molecule has 0 fully saturated rings. The van der Waals surface area contributed by atoms with E-state index in [1.165, 1.54) is 0 Å². The fraction of sp³-hybridized carbons (Fsp3) is 0. The van der Waals surface area contributed by atoms with Gasteiger partial charge in [-0.3, -0.25) is 0 Å². The Hall–Kier alpha value is -0.480. The summed E-state index contributed by atoms with van der Waals surface area (Å²) in [5, 5.41) is 43.7. The van der Waals surface area contributed by atoms with Crippen LogP contribution < -0.4 is 0 Å². The van der Waals surface area contributed by atoms with Gasteiger partial charge in [-0.25, -0.2) is 10.5 Å². The van der Waals surface area contributed by atoms with Crippen molar-refractivity contribution in [2.24, 2.45) is 0 Å². The molecule has 0 aliphatic rings. The third-order valence-corrected chi connectivity index (χ3v) is 0.253. The summed E-state index contributed by atoms with van der Waals surface area (Å²) in [6.07, 6.45) is 0. The van der Waals surface area contributed by atoms with Crippen molar-refractivity contribution in [3.63, 3.8) is 0 Å². The van der Waals surface area contributed by atoms with E-state index in [9.17, 15) is 0 Å². The van der Waals surface area contributed by atoms with Gasteiger partial charge in [-0.15, -0.1) is 0 Å². The van der Waals surface area contributed by atoms with Crippen molar-refractivity contribution in [2.75, 3.05) is 0 Å². The molecule has 0 bridgehead atoms. The zero-order valence-electron chi connectivity index (χ0n) is 5.94. The number of hydrogen-bond acceptors (Lipinski definition) is 12. The molecule has 0 saturated heterocycles. The summed E-state index contributed by atoms with van der Waals surface area (Å²) >= 11 is 0. The van der Waals surface area contributed by atoms with Gasteiger partial charge >= 0.3 is 0 Å². The predicted octanol–water partition coefficient (Wildman–Crippen LogP) is -0.667. The zero-order chi connectivity index (χ0) is 9.78. The van der Waals surface area contributed by atoms with Crippen molar-refractivity contribution in [3.8, 4) is 0 Å². The Balaban J connectivity index is 2.76. The second-order valence-electron chi connectivity index (χ2n) is 0.687. The summed E-state index contributed by atoms with van der Waals surface area (Å²) in [5.74, 6) is 0. The van der Waals surface area contributed by atoms with Crippen LogP contribution in [0.4, 0.5) is 0 Å². The van der Waals surface area contributed by atoms with Gasteiger partial charge in [0, 0.05) is 0 Å². The lowest BCUT2D eigenvalue weighted by Crippen LogP contribution is -2.01. The van der Waals surface area contributed by atoms with E-state index >= 15 is 0 Å². The van der Waals surface area contributed by atoms with Crippen molar-refractivity contribution in [1.29, 1.82) is 1.43 Å². The molecule has 0 rings (SSSR count). The van der Waals surface area contributed by atoms with E-state index in [0.717, 1.165) is 0 Å². The molecule has 12 heteroatoms. The molecule has 0 spiro atoms. The molecule has 12 nitrogen and oxygen atoms in total. The van der Waals surface area contributed by atoms with Gasteiger partial charge in [0.15, 0.2) is 0 Å². The Kier molecular flexibility index (Phi) is 8.42. The van der Waals surface area contributed by atoms with Crippen LogP contribution in [0.3, 0.4) is 0 Å². The molecular formula is H2O12. The molecule has 0 saturated carbocycles. The first-order chi connectivity index (χ1) is 6.41. The van der Waals surface area contributed by atoms with Crippen LogP contribution in [0.2, 0.25) is 0 Å². The summed E-state index contributed by atoms with van der Waals surface area (Å²) in [6.45, 7) is 0. The first-order valence-corrected chi connectivity index (χ1v) is 1.85. The van der Waals surface area contributed by atoms with E-state index in [-0.39, 0.29) is 0 Å². The average Bonchev–Trinajstić information content (AvgIpc) is 2.16. The van der Waals surface area contributed by atoms with E-state index in [0.29, 0.717) is 0 Å². The monoisotopic (exact) mass is 195 g/mol. The fourth-order valence-electron chi connectivity index (χ4n) is 0.0918. The van der Waals surface area contributed by atoms with Crippen LogP contribution in [0.25, 0.3) is 1.43 Å². The maximum absolute atomic E-state index is 7.42. The van der Waals surface area contributed by atoms with Gasteiger partial charge in [-0.05, 0) is 50.4 Å². The fourth-order valence-corrected chi connectivity index (χ4v) is 0.0918. The summed E-state index contributed by atoms with van der Waals surface area (Å²) in [7, 11) is 0. The molecule has 0 atom stereocenters. The second-order valence-corrected chi connectivity index (χ2v) is 0.687. The minimum atomic E-state index is 2.86. The minimum Gasteiger partial charge on any atom is -0.219 e. The van der Waals surface area contributed by atoms with Crippen LogP contribution in [0.5, 0.6) is 0 Å². The molecule has 12 heavy (non-hydrogen) atoms. The molecule has 0 aliphatic heterocycles. The Labute approximate surface area is 63.8 Å². The minimum absolute atomic E-state index is 2.86. The highest BCUT2D eigenvalue weighted by Gasteiger charge is 1.94. The average molecular weight is 195 g/mol. The standard InChI is InChI=1S/H2O12/c1-3-5-7-9-11-12-10-8-6-4-2/h1-2H/i/hD. The molecule has 0 unspecified atom stereocenters. The zero-order valence-corrected chi connectivity index (χ0v) is 4.94. The second kappa shape index (κ2) is 10.5. The van der Waals surface area contributed by atoms with Gasteiger partial charge in [0.25, 0.3) is 1.43 Å². The molecule has 0 heterocycles. The third-order valence-electron chi connectivity index (χ3n) is 0.253. The van der Waals surface area contributed by atoms with E-state index in [1.54, 1.807) is 0 Å². The van der Waals surface area contributed by atoms with Crippen LogP contribution in [-0.2, 0) is 50.4 Å². The Morgan fingerprint density at radius 2 is 1.08 bits per heavy atom. The van der Waals surface area contributed by atoms with Crippen LogP contribution in [-0.4, -0.2) is 10.5 Å². The van der Waals surface area contributed by atoms with Crippen LogP contribution in [0.15, 0.2) is 0 Å².